The number of hydrogen-bond acceptors (Lipinski definition) is 4. The highest BCUT2D eigenvalue weighted by atomic mass is 35.5. The summed E-state index contributed by atoms with van der Waals surface area (Å²) in [5.41, 5.74) is 4.17. The zero-order chi connectivity index (χ0) is 25.5. The van der Waals surface area contributed by atoms with Gasteiger partial charge >= 0.3 is 0 Å². The highest BCUT2D eigenvalue weighted by Gasteiger charge is 2.34. The van der Waals surface area contributed by atoms with Crippen molar-refractivity contribution in [3.8, 4) is 0 Å². The molecule has 0 aliphatic carbocycles. The van der Waals surface area contributed by atoms with Crippen molar-refractivity contribution in [3.05, 3.63) is 93.2 Å². The Morgan fingerprint density at radius 1 is 1.14 bits per heavy atom. The van der Waals surface area contributed by atoms with E-state index in [-0.39, 0.29) is 24.4 Å². The summed E-state index contributed by atoms with van der Waals surface area (Å²) in [5, 5.41) is 1.25. The third-order valence-electron chi connectivity index (χ3n) is 6.55. The predicted octanol–water partition coefficient (Wildman–Crippen LogP) is 5.77. The SMILES string of the molecule is CCOCCCN(CC(=O)N1CCc2sccc2C1c1ccc(C)cc1)C(=O)C(Cl)c1ccccc1. The standard InChI is InChI=1S/C29H33ClN2O3S/c1-3-35-18-7-16-31(29(34)27(30)22-8-5-4-6-9-22)20-26(33)32-17-14-25-24(15-19-36-25)28(32)23-12-10-21(2)11-13-23/h4-6,8-13,15,19,27-28H,3,7,14,16-18,20H2,1-2H3. The minimum absolute atomic E-state index is 0.0111. The van der Waals surface area contributed by atoms with Gasteiger partial charge in [-0.3, -0.25) is 9.59 Å². The van der Waals surface area contributed by atoms with Crippen molar-refractivity contribution in [1.82, 2.24) is 9.80 Å². The molecule has 0 fully saturated rings. The van der Waals surface area contributed by atoms with E-state index < -0.39 is 5.38 Å². The zero-order valence-electron chi connectivity index (χ0n) is 20.9. The Labute approximate surface area is 222 Å². The molecule has 2 aromatic carbocycles. The second-order valence-electron chi connectivity index (χ2n) is 9.03. The quantitative estimate of drug-likeness (QED) is 0.250. The summed E-state index contributed by atoms with van der Waals surface area (Å²) in [6, 6.07) is 19.6. The average Bonchev–Trinajstić information content (AvgIpc) is 3.39. The van der Waals surface area contributed by atoms with Gasteiger partial charge in [-0.1, -0.05) is 60.2 Å². The molecule has 1 aliphatic rings. The van der Waals surface area contributed by atoms with Gasteiger partial charge in [0.2, 0.25) is 11.8 Å². The Morgan fingerprint density at radius 3 is 2.61 bits per heavy atom. The fraction of sp³-hybridized carbons (Fsp3) is 0.379. The molecule has 190 valence electrons. The summed E-state index contributed by atoms with van der Waals surface area (Å²) in [6.45, 7) is 6.16. The van der Waals surface area contributed by atoms with Crippen molar-refractivity contribution in [3.63, 3.8) is 0 Å². The smallest absolute Gasteiger partial charge is 0.245 e. The van der Waals surface area contributed by atoms with E-state index in [9.17, 15) is 9.59 Å². The van der Waals surface area contributed by atoms with Crippen molar-refractivity contribution < 1.29 is 14.3 Å². The number of amides is 2. The van der Waals surface area contributed by atoms with Crippen LogP contribution in [0.3, 0.4) is 0 Å². The van der Waals surface area contributed by atoms with E-state index in [0.717, 1.165) is 17.5 Å². The highest BCUT2D eigenvalue weighted by Crippen LogP contribution is 2.38. The maximum Gasteiger partial charge on any atom is 0.245 e. The Morgan fingerprint density at radius 2 is 1.89 bits per heavy atom. The minimum Gasteiger partial charge on any atom is -0.382 e. The molecule has 2 heterocycles. The lowest BCUT2D eigenvalue weighted by molar-refractivity contribution is -0.141. The van der Waals surface area contributed by atoms with Crippen LogP contribution in [0, 0.1) is 6.92 Å². The second-order valence-corrected chi connectivity index (χ2v) is 10.5. The van der Waals surface area contributed by atoms with Crippen molar-refractivity contribution in [2.45, 2.75) is 38.1 Å². The maximum atomic E-state index is 13.8. The average molecular weight is 525 g/mol. The highest BCUT2D eigenvalue weighted by molar-refractivity contribution is 7.10. The third-order valence-corrected chi connectivity index (χ3v) is 7.98. The number of halogens is 1. The van der Waals surface area contributed by atoms with Gasteiger partial charge in [0.1, 0.15) is 5.38 Å². The molecule has 3 aromatic rings. The molecule has 0 radical (unpaired) electrons. The zero-order valence-corrected chi connectivity index (χ0v) is 22.4. The molecule has 36 heavy (non-hydrogen) atoms. The number of nitrogens with zero attached hydrogens (tertiary/aromatic N) is 2. The van der Waals surface area contributed by atoms with Crippen LogP contribution in [-0.2, 0) is 20.7 Å². The van der Waals surface area contributed by atoms with Crippen LogP contribution in [-0.4, -0.2) is 54.5 Å². The molecule has 2 atom stereocenters. The number of rotatable bonds is 10. The van der Waals surface area contributed by atoms with Gasteiger partial charge in [-0.25, -0.2) is 0 Å². The van der Waals surface area contributed by atoms with Crippen LogP contribution in [0.1, 0.15) is 51.9 Å². The number of aryl methyl sites for hydroxylation is 1. The van der Waals surface area contributed by atoms with Gasteiger partial charge in [0, 0.05) is 31.2 Å². The Bertz CT molecular complexity index is 1150. The van der Waals surface area contributed by atoms with E-state index in [2.05, 4.69) is 42.6 Å². The van der Waals surface area contributed by atoms with Gasteiger partial charge in [0.25, 0.3) is 0 Å². The molecule has 4 rings (SSSR count). The van der Waals surface area contributed by atoms with Crippen LogP contribution in [0.2, 0.25) is 0 Å². The normalized spacial score (nSPS) is 15.9. The Hall–Kier alpha value is -2.67. The van der Waals surface area contributed by atoms with Crippen molar-refractivity contribution in [2.75, 3.05) is 32.8 Å². The number of benzene rings is 2. The first kappa shape index (κ1) is 26.4. The van der Waals surface area contributed by atoms with Crippen LogP contribution in [0.4, 0.5) is 0 Å². The second kappa shape index (κ2) is 12.5. The fourth-order valence-electron chi connectivity index (χ4n) is 4.64. The largest absolute Gasteiger partial charge is 0.382 e. The summed E-state index contributed by atoms with van der Waals surface area (Å²) < 4.78 is 5.48. The molecule has 0 bridgehead atoms. The van der Waals surface area contributed by atoms with Gasteiger partial charge in [0.05, 0.1) is 12.6 Å². The lowest BCUT2D eigenvalue weighted by atomic mass is 9.92. The number of carbonyl (C=O) groups excluding carboxylic acids is 2. The van der Waals surface area contributed by atoms with Crippen LogP contribution in [0.15, 0.2) is 66.0 Å². The number of ether oxygens (including phenoxy) is 1. The maximum absolute atomic E-state index is 13.8. The van der Waals surface area contributed by atoms with Crippen molar-refractivity contribution in [2.24, 2.45) is 0 Å². The number of hydrogen-bond donors (Lipinski definition) is 0. The topological polar surface area (TPSA) is 49.9 Å². The van der Waals surface area contributed by atoms with Gasteiger partial charge in [-0.15, -0.1) is 22.9 Å². The monoisotopic (exact) mass is 524 g/mol. The van der Waals surface area contributed by atoms with E-state index in [1.807, 2.05) is 42.2 Å². The lowest BCUT2D eigenvalue weighted by Crippen LogP contribution is -2.47. The summed E-state index contributed by atoms with van der Waals surface area (Å²) in [5.74, 6) is -0.327. The lowest BCUT2D eigenvalue weighted by Gasteiger charge is -2.38. The van der Waals surface area contributed by atoms with Crippen LogP contribution in [0.25, 0.3) is 0 Å². The number of alkyl halides is 1. The van der Waals surface area contributed by atoms with Crippen LogP contribution < -0.4 is 0 Å². The Balaban J connectivity index is 1.56. The molecule has 2 amide bonds. The first-order chi connectivity index (χ1) is 17.5. The number of fused-ring (bicyclic) bond motifs is 1. The molecule has 0 saturated carbocycles. The van der Waals surface area contributed by atoms with Gasteiger partial charge in [-0.2, -0.15) is 0 Å². The van der Waals surface area contributed by atoms with E-state index >= 15 is 0 Å². The van der Waals surface area contributed by atoms with Crippen molar-refractivity contribution >= 4 is 34.8 Å². The summed E-state index contributed by atoms with van der Waals surface area (Å²) in [6.07, 6.45) is 1.46. The molecular weight excluding hydrogens is 492 g/mol. The molecule has 0 saturated heterocycles. The molecule has 1 aliphatic heterocycles. The molecular formula is C29H33ClN2O3S. The molecule has 0 spiro atoms. The van der Waals surface area contributed by atoms with E-state index in [1.165, 1.54) is 16.0 Å². The van der Waals surface area contributed by atoms with E-state index in [4.69, 9.17) is 16.3 Å². The molecule has 1 aromatic heterocycles. The molecule has 5 nitrogen and oxygen atoms in total. The third kappa shape index (κ3) is 6.17. The van der Waals surface area contributed by atoms with Gasteiger partial charge in [-0.05, 0) is 54.8 Å². The van der Waals surface area contributed by atoms with Gasteiger partial charge in [0.15, 0.2) is 0 Å². The van der Waals surface area contributed by atoms with Crippen LogP contribution in [0.5, 0.6) is 0 Å². The number of carbonyl (C=O) groups is 2. The van der Waals surface area contributed by atoms with E-state index in [0.29, 0.717) is 32.7 Å². The van der Waals surface area contributed by atoms with E-state index in [1.54, 1.807) is 16.2 Å². The number of thiophene rings is 1. The molecule has 2 unspecified atom stereocenters. The fourth-order valence-corrected chi connectivity index (χ4v) is 5.83. The van der Waals surface area contributed by atoms with Gasteiger partial charge < -0.3 is 14.5 Å². The molecule has 7 heteroatoms. The predicted molar refractivity (Wildman–Crippen MR) is 145 cm³/mol. The summed E-state index contributed by atoms with van der Waals surface area (Å²) in [4.78, 5) is 32.1. The summed E-state index contributed by atoms with van der Waals surface area (Å²) in [7, 11) is 0. The van der Waals surface area contributed by atoms with Crippen LogP contribution >= 0.6 is 22.9 Å². The Kier molecular flexibility index (Phi) is 9.19. The first-order valence-corrected chi connectivity index (χ1v) is 13.8. The first-order valence-electron chi connectivity index (χ1n) is 12.5. The minimum atomic E-state index is -0.844. The van der Waals surface area contributed by atoms with Crippen molar-refractivity contribution in [1.29, 1.82) is 0 Å². The molecule has 0 N–H and O–H groups in total. The summed E-state index contributed by atoms with van der Waals surface area (Å²) >= 11 is 8.35.